The van der Waals surface area contributed by atoms with Crippen molar-refractivity contribution in [1.29, 1.82) is 5.26 Å². The molecule has 0 bridgehead atoms. The number of ether oxygens (including phenoxy) is 1. The molecule has 0 aromatic heterocycles. The van der Waals surface area contributed by atoms with E-state index in [0.717, 1.165) is 32.4 Å². The Bertz CT molecular complexity index is 650. The molecule has 5 nitrogen and oxygen atoms in total. The lowest BCUT2D eigenvalue weighted by Crippen LogP contribution is -2.42. The van der Waals surface area contributed by atoms with Gasteiger partial charge in [0.05, 0.1) is 23.7 Å². The van der Waals surface area contributed by atoms with Crippen LogP contribution >= 0.6 is 0 Å². The average molecular weight is 331 g/mol. The molecule has 2 saturated heterocycles. The number of hydrogen-bond acceptors (Lipinski definition) is 4. The molecule has 2 N–H and O–H groups in total. The topological polar surface area (TPSA) is 79.3 Å². The van der Waals surface area contributed by atoms with Crippen LogP contribution in [0.1, 0.15) is 30.4 Å². The van der Waals surface area contributed by atoms with Crippen LogP contribution in [0.2, 0.25) is 0 Å². The summed E-state index contributed by atoms with van der Waals surface area (Å²) in [6.07, 6.45) is 2.51. The SMILES string of the molecule is N#Cc1ccc(CN2CCC([C@H]3OCC[C@@H]3C(N)=O)CC2)c(F)c1. The number of rotatable bonds is 4. The second-order valence-electron chi connectivity index (χ2n) is 6.66. The predicted octanol–water partition coefficient (Wildman–Crippen LogP) is 1.80. The maximum Gasteiger partial charge on any atom is 0.223 e. The number of benzene rings is 1. The third-order valence-electron chi connectivity index (χ3n) is 5.17. The Morgan fingerprint density at radius 3 is 2.75 bits per heavy atom. The number of piperidine rings is 1. The third-order valence-corrected chi connectivity index (χ3v) is 5.17. The van der Waals surface area contributed by atoms with Crippen LogP contribution < -0.4 is 5.73 Å². The number of halogens is 1. The molecule has 3 rings (SSSR count). The van der Waals surface area contributed by atoms with Gasteiger partial charge in [0.2, 0.25) is 5.91 Å². The Hall–Kier alpha value is -1.97. The smallest absolute Gasteiger partial charge is 0.223 e. The molecule has 1 amide bonds. The summed E-state index contributed by atoms with van der Waals surface area (Å²) < 4.78 is 19.8. The summed E-state index contributed by atoms with van der Waals surface area (Å²) in [5, 5.41) is 8.80. The zero-order chi connectivity index (χ0) is 17.1. The fourth-order valence-corrected chi connectivity index (χ4v) is 3.81. The van der Waals surface area contributed by atoms with Gasteiger partial charge < -0.3 is 10.5 Å². The first kappa shape index (κ1) is 16.9. The Morgan fingerprint density at radius 2 is 2.12 bits per heavy atom. The van der Waals surface area contributed by atoms with E-state index >= 15 is 0 Å². The van der Waals surface area contributed by atoms with Gasteiger partial charge in [-0.05, 0) is 50.4 Å². The maximum absolute atomic E-state index is 14.0. The van der Waals surface area contributed by atoms with E-state index in [1.807, 2.05) is 6.07 Å². The van der Waals surface area contributed by atoms with E-state index in [-0.39, 0.29) is 23.7 Å². The lowest BCUT2D eigenvalue weighted by Gasteiger charge is -2.35. The third kappa shape index (κ3) is 3.58. The number of carbonyl (C=O) groups excluding carboxylic acids is 1. The summed E-state index contributed by atoms with van der Waals surface area (Å²) in [7, 11) is 0. The summed E-state index contributed by atoms with van der Waals surface area (Å²) >= 11 is 0. The Labute approximate surface area is 141 Å². The molecule has 24 heavy (non-hydrogen) atoms. The maximum atomic E-state index is 14.0. The second kappa shape index (κ2) is 7.29. The van der Waals surface area contributed by atoms with Crippen LogP contribution in [-0.4, -0.2) is 36.6 Å². The first-order valence-electron chi connectivity index (χ1n) is 8.40. The Balaban J connectivity index is 1.56. The minimum atomic E-state index is -0.330. The van der Waals surface area contributed by atoms with Gasteiger partial charge in [-0.2, -0.15) is 5.26 Å². The number of likely N-dealkylation sites (tertiary alicyclic amines) is 1. The highest BCUT2D eigenvalue weighted by atomic mass is 19.1. The summed E-state index contributed by atoms with van der Waals surface area (Å²) in [6.45, 7) is 2.83. The summed E-state index contributed by atoms with van der Waals surface area (Å²) in [6, 6.07) is 6.56. The summed E-state index contributed by atoms with van der Waals surface area (Å²) in [4.78, 5) is 13.7. The molecule has 0 spiro atoms. The summed E-state index contributed by atoms with van der Waals surface area (Å²) in [5.74, 6) is -0.423. The lowest BCUT2D eigenvalue weighted by atomic mass is 9.84. The highest BCUT2D eigenvalue weighted by Gasteiger charge is 2.39. The van der Waals surface area contributed by atoms with Gasteiger partial charge in [0.15, 0.2) is 0 Å². The van der Waals surface area contributed by atoms with Gasteiger partial charge in [-0.3, -0.25) is 9.69 Å². The molecule has 128 valence electrons. The van der Waals surface area contributed by atoms with Crippen LogP contribution in [0.15, 0.2) is 18.2 Å². The van der Waals surface area contributed by atoms with Crippen molar-refractivity contribution in [2.75, 3.05) is 19.7 Å². The number of nitrogens with two attached hydrogens (primary N) is 1. The first-order chi connectivity index (χ1) is 11.6. The van der Waals surface area contributed by atoms with Crippen LogP contribution in [0, 0.1) is 29.0 Å². The summed E-state index contributed by atoms with van der Waals surface area (Å²) in [5.41, 5.74) is 6.42. The average Bonchev–Trinajstić information content (AvgIpc) is 3.07. The number of primary amides is 1. The molecule has 1 aromatic rings. The van der Waals surface area contributed by atoms with Gasteiger partial charge in [0.1, 0.15) is 5.82 Å². The van der Waals surface area contributed by atoms with Gasteiger partial charge >= 0.3 is 0 Å². The quantitative estimate of drug-likeness (QED) is 0.912. The highest BCUT2D eigenvalue weighted by Crippen LogP contribution is 2.33. The predicted molar refractivity (Wildman–Crippen MR) is 86.2 cm³/mol. The van der Waals surface area contributed by atoms with Crippen molar-refractivity contribution in [1.82, 2.24) is 4.90 Å². The number of nitrogens with zero attached hydrogens (tertiary/aromatic N) is 2. The lowest BCUT2D eigenvalue weighted by molar-refractivity contribution is -0.124. The molecule has 2 fully saturated rings. The molecule has 2 heterocycles. The minimum absolute atomic E-state index is 0.0590. The molecular formula is C18H22FN3O2. The number of nitriles is 1. The van der Waals surface area contributed by atoms with Crippen molar-refractivity contribution in [2.24, 2.45) is 17.6 Å². The molecular weight excluding hydrogens is 309 g/mol. The van der Waals surface area contributed by atoms with Gasteiger partial charge in [0, 0.05) is 18.7 Å². The van der Waals surface area contributed by atoms with E-state index < -0.39 is 0 Å². The zero-order valence-corrected chi connectivity index (χ0v) is 13.6. The van der Waals surface area contributed by atoms with E-state index in [1.54, 1.807) is 12.1 Å². The van der Waals surface area contributed by atoms with Crippen molar-refractivity contribution in [3.05, 3.63) is 35.1 Å². The highest BCUT2D eigenvalue weighted by molar-refractivity contribution is 5.77. The van der Waals surface area contributed by atoms with Crippen LogP contribution in [0.4, 0.5) is 4.39 Å². The van der Waals surface area contributed by atoms with Crippen LogP contribution in [0.3, 0.4) is 0 Å². The molecule has 0 radical (unpaired) electrons. The van der Waals surface area contributed by atoms with E-state index in [9.17, 15) is 9.18 Å². The molecule has 1 aromatic carbocycles. The molecule has 2 aliphatic heterocycles. The van der Waals surface area contributed by atoms with E-state index in [1.165, 1.54) is 6.07 Å². The van der Waals surface area contributed by atoms with Crippen molar-refractivity contribution in [3.63, 3.8) is 0 Å². The molecule has 0 saturated carbocycles. The van der Waals surface area contributed by atoms with Gasteiger partial charge in [-0.25, -0.2) is 4.39 Å². The van der Waals surface area contributed by atoms with Crippen molar-refractivity contribution >= 4 is 5.91 Å². The number of amides is 1. The Kier molecular flexibility index (Phi) is 5.12. The number of carbonyl (C=O) groups is 1. The normalized spacial score (nSPS) is 25.5. The fraction of sp³-hybridized carbons (Fsp3) is 0.556. The molecule has 2 aliphatic rings. The monoisotopic (exact) mass is 331 g/mol. The van der Waals surface area contributed by atoms with Gasteiger partial charge in [0.25, 0.3) is 0 Å². The zero-order valence-electron chi connectivity index (χ0n) is 13.6. The second-order valence-corrected chi connectivity index (χ2v) is 6.66. The molecule has 0 unspecified atom stereocenters. The van der Waals surface area contributed by atoms with E-state index in [0.29, 0.717) is 30.2 Å². The van der Waals surface area contributed by atoms with E-state index in [4.69, 9.17) is 15.7 Å². The van der Waals surface area contributed by atoms with Crippen LogP contribution in [-0.2, 0) is 16.1 Å². The largest absolute Gasteiger partial charge is 0.377 e. The van der Waals surface area contributed by atoms with E-state index in [2.05, 4.69) is 4.90 Å². The molecule has 6 heteroatoms. The van der Waals surface area contributed by atoms with Crippen molar-refractivity contribution in [2.45, 2.75) is 31.9 Å². The fourth-order valence-electron chi connectivity index (χ4n) is 3.81. The number of hydrogen-bond donors (Lipinski definition) is 1. The Morgan fingerprint density at radius 1 is 1.38 bits per heavy atom. The molecule has 2 atom stereocenters. The van der Waals surface area contributed by atoms with Crippen LogP contribution in [0.25, 0.3) is 0 Å². The van der Waals surface area contributed by atoms with Crippen molar-refractivity contribution in [3.8, 4) is 6.07 Å². The first-order valence-corrected chi connectivity index (χ1v) is 8.40. The van der Waals surface area contributed by atoms with Crippen molar-refractivity contribution < 1.29 is 13.9 Å². The van der Waals surface area contributed by atoms with Gasteiger partial charge in [-0.1, -0.05) is 6.07 Å². The van der Waals surface area contributed by atoms with Gasteiger partial charge in [-0.15, -0.1) is 0 Å². The standard InChI is InChI=1S/C18H22FN3O2/c19-16-9-12(10-20)1-2-14(16)11-22-6-3-13(4-7-22)17-15(18(21)23)5-8-24-17/h1-2,9,13,15,17H,3-8,11H2,(H2,21,23)/t15-,17+/m0/s1. The minimum Gasteiger partial charge on any atom is -0.377 e. The molecule has 0 aliphatic carbocycles. The van der Waals surface area contributed by atoms with Crippen LogP contribution in [0.5, 0.6) is 0 Å².